The van der Waals surface area contributed by atoms with Gasteiger partial charge in [-0.2, -0.15) is 13.2 Å². The van der Waals surface area contributed by atoms with Crippen molar-refractivity contribution >= 4 is 0 Å². The minimum absolute atomic E-state index is 0.169. The number of hydrogen-bond donors (Lipinski definition) is 1. The number of ether oxygens (including phenoxy) is 2. The monoisotopic (exact) mass is 258 g/mol. The Morgan fingerprint density at radius 2 is 1.82 bits per heavy atom. The van der Waals surface area contributed by atoms with Crippen LogP contribution in [0, 0.1) is 0 Å². The van der Waals surface area contributed by atoms with Gasteiger partial charge in [-0.15, -0.1) is 0 Å². The number of methoxy groups -OCH3 is 2. The molecule has 0 aliphatic rings. The smallest absolute Gasteiger partial charge is 0.383 e. The zero-order chi connectivity index (χ0) is 13.5. The molecule has 0 aromatic rings. The Kier molecular flexibility index (Phi) is 7.69. The van der Waals surface area contributed by atoms with Crippen LogP contribution in [-0.2, 0) is 9.47 Å². The Morgan fingerprint density at radius 3 is 2.18 bits per heavy atom. The minimum Gasteiger partial charge on any atom is -0.383 e. The van der Waals surface area contributed by atoms with Crippen LogP contribution in [0.4, 0.5) is 13.2 Å². The molecular weight excluding hydrogens is 237 g/mol. The van der Waals surface area contributed by atoms with Gasteiger partial charge in [0, 0.05) is 33.4 Å². The van der Waals surface area contributed by atoms with Gasteiger partial charge in [-0.1, -0.05) is 0 Å². The largest absolute Gasteiger partial charge is 0.405 e. The van der Waals surface area contributed by atoms with Gasteiger partial charge in [-0.3, -0.25) is 4.90 Å². The molecule has 0 aliphatic carbocycles. The Balaban J connectivity index is 4.73. The first kappa shape index (κ1) is 16.6. The van der Waals surface area contributed by atoms with E-state index in [0.717, 1.165) is 0 Å². The van der Waals surface area contributed by atoms with E-state index in [0.29, 0.717) is 0 Å². The van der Waals surface area contributed by atoms with E-state index in [1.54, 1.807) is 6.92 Å². The number of alkyl halides is 3. The lowest BCUT2D eigenvalue weighted by atomic mass is 10.1. The summed E-state index contributed by atoms with van der Waals surface area (Å²) >= 11 is 0. The summed E-state index contributed by atoms with van der Waals surface area (Å²) in [5.41, 5.74) is 5.22. The van der Waals surface area contributed by atoms with Gasteiger partial charge in [0.2, 0.25) is 0 Å². The second-order valence-corrected chi connectivity index (χ2v) is 3.83. The van der Waals surface area contributed by atoms with Crippen LogP contribution in [0.2, 0.25) is 0 Å². The normalized spacial score (nSPS) is 16.2. The highest BCUT2D eigenvalue weighted by Crippen LogP contribution is 2.25. The quantitative estimate of drug-likeness (QED) is 0.701. The lowest BCUT2D eigenvalue weighted by molar-refractivity contribution is -0.189. The fourth-order valence-corrected chi connectivity index (χ4v) is 1.67. The van der Waals surface area contributed by atoms with E-state index in [-0.39, 0.29) is 25.8 Å². The average molecular weight is 258 g/mol. The molecule has 7 heteroatoms. The van der Waals surface area contributed by atoms with Crippen LogP contribution in [0.1, 0.15) is 6.92 Å². The summed E-state index contributed by atoms with van der Waals surface area (Å²) in [5, 5.41) is 0. The Bertz CT molecular complexity index is 202. The fourth-order valence-electron chi connectivity index (χ4n) is 1.67. The number of nitrogens with zero attached hydrogens (tertiary/aromatic N) is 1. The van der Waals surface area contributed by atoms with E-state index in [4.69, 9.17) is 15.2 Å². The highest BCUT2D eigenvalue weighted by atomic mass is 19.4. The van der Waals surface area contributed by atoms with E-state index in [1.807, 2.05) is 0 Å². The van der Waals surface area contributed by atoms with Gasteiger partial charge in [0.25, 0.3) is 0 Å². The summed E-state index contributed by atoms with van der Waals surface area (Å²) in [7, 11) is 2.90. The van der Waals surface area contributed by atoms with Crippen molar-refractivity contribution < 1.29 is 22.6 Å². The highest BCUT2D eigenvalue weighted by molar-refractivity contribution is 4.83. The van der Waals surface area contributed by atoms with Gasteiger partial charge in [0.1, 0.15) is 6.04 Å². The highest BCUT2D eigenvalue weighted by Gasteiger charge is 2.43. The van der Waals surface area contributed by atoms with Crippen molar-refractivity contribution in [2.75, 3.05) is 40.5 Å². The molecule has 17 heavy (non-hydrogen) atoms. The van der Waals surface area contributed by atoms with Gasteiger partial charge in [0.15, 0.2) is 0 Å². The number of hydrogen-bond acceptors (Lipinski definition) is 4. The average Bonchev–Trinajstić information content (AvgIpc) is 2.22. The van der Waals surface area contributed by atoms with E-state index >= 15 is 0 Å². The zero-order valence-electron chi connectivity index (χ0n) is 10.5. The molecule has 0 radical (unpaired) electrons. The number of halogens is 3. The molecule has 0 saturated carbocycles. The van der Waals surface area contributed by atoms with Gasteiger partial charge in [-0.05, 0) is 6.92 Å². The Morgan fingerprint density at radius 1 is 1.24 bits per heavy atom. The standard InChI is InChI=1S/C10H21F3N2O2/c1-8(7-17-3)15(4-5-16-2)9(6-14)10(11,12)13/h8-9H,4-7,14H2,1-3H3. The molecule has 0 aliphatic heterocycles. The molecule has 0 aromatic carbocycles. The first-order valence-corrected chi connectivity index (χ1v) is 5.38. The Labute approximate surface area is 99.8 Å². The number of rotatable bonds is 8. The zero-order valence-corrected chi connectivity index (χ0v) is 10.5. The molecule has 2 atom stereocenters. The molecule has 104 valence electrons. The van der Waals surface area contributed by atoms with Gasteiger partial charge >= 0.3 is 6.18 Å². The van der Waals surface area contributed by atoms with Crippen molar-refractivity contribution in [1.29, 1.82) is 0 Å². The summed E-state index contributed by atoms with van der Waals surface area (Å²) < 4.78 is 48.1. The van der Waals surface area contributed by atoms with Crippen molar-refractivity contribution in [3.05, 3.63) is 0 Å². The maximum atomic E-state index is 12.8. The first-order valence-electron chi connectivity index (χ1n) is 5.38. The van der Waals surface area contributed by atoms with Crippen molar-refractivity contribution in [2.24, 2.45) is 5.73 Å². The van der Waals surface area contributed by atoms with Crippen LogP contribution in [0.15, 0.2) is 0 Å². The van der Waals surface area contributed by atoms with Gasteiger partial charge in [0.05, 0.1) is 13.2 Å². The molecule has 0 rings (SSSR count). The molecule has 2 N–H and O–H groups in total. The molecule has 0 amide bonds. The number of nitrogens with two attached hydrogens (primary N) is 1. The fraction of sp³-hybridized carbons (Fsp3) is 1.00. The molecule has 0 saturated heterocycles. The third kappa shape index (κ3) is 5.67. The van der Waals surface area contributed by atoms with E-state index in [1.165, 1.54) is 19.1 Å². The predicted octanol–water partition coefficient (Wildman–Crippen LogP) is 0.859. The van der Waals surface area contributed by atoms with E-state index < -0.39 is 18.8 Å². The summed E-state index contributed by atoms with van der Waals surface area (Å²) in [6.07, 6.45) is -4.34. The van der Waals surface area contributed by atoms with Crippen LogP contribution in [-0.4, -0.2) is 63.7 Å². The molecule has 0 spiro atoms. The second kappa shape index (κ2) is 7.86. The van der Waals surface area contributed by atoms with E-state index in [9.17, 15) is 13.2 Å². The molecule has 0 aromatic heterocycles. The van der Waals surface area contributed by atoms with Gasteiger partial charge in [-0.25, -0.2) is 0 Å². The second-order valence-electron chi connectivity index (χ2n) is 3.83. The van der Waals surface area contributed by atoms with Crippen LogP contribution < -0.4 is 5.73 Å². The van der Waals surface area contributed by atoms with Crippen molar-refractivity contribution in [3.63, 3.8) is 0 Å². The summed E-state index contributed by atoms with van der Waals surface area (Å²) in [4.78, 5) is 1.27. The first-order chi connectivity index (χ1) is 7.88. The summed E-state index contributed by atoms with van der Waals surface area (Å²) in [5.74, 6) is 0. The summed E-state index contributed by atoms with van der Waals surface area (Å²) in [6, 6.07) is -2.03. The van der Waals surface area contributed by atoms with Gasteiger partial charge < -0.3 is 15.2 Å². The third-order valence-electron chi connectivity index (χ3n) is 2.53. The van der Waals surface area contributed by atoms with Crippen molar-refractivity contribution in [2.45, 2.75) is 25.2 Å². The molecule has 0 fully saturated rings. The maximum Gasteiger partial charge on any atom is 0.405 e. The summed E-state index contributed by atoms with van der Waals surface area (Å²) in [6.45, 7) is 1.81. The van der Waals surface area contributed by atoms with Crippen LogP contribution >= 0.6 is 0 Å². The van der Waals surface area contributed by atoms with E-state index in [2.05, 4.69) is 0 Å². The molecular formula is C10H21F3N2O2. The maximum absolute atomic E-state index is 12.8. The van der Waals surface area contributed by atoms with Crippen molar-refractivity contribution in [3.8, 4) is 0 Å². The van der Waals surface area contributed by atoms with Crippen molar-refractivity contribution in [1.82, 2.24) is 4.90 Å². The lowest BCUT2D eigenvalue weighted by Gasteiger charge is -2.36. The SMILES string of the molecule is COCCN(C(C)COC)C(CN)C(F)(F)F. The predicted molar refractivity (Wildman–Crippen MR) is 58.8 cm³/mol. The van der Waals surface area contributed by atoms with Crippen LogP contribution in [0.25, 0.3) is 0 Å². The molecule has 0 heterocycles. The third-order valence-corrected chi connectivity index (χ3v) is 2.53. The van der Waals surface area contributed by atoms with Crippen LogP contribution in [0.3, 0.4) is 0 Å². The molecule has 0 bridgehead atoms. The molecule has 4 nitrogen and oxygen atoms in total. The Hall–Kier alpha value is -0.370. The van der Waals surface area contributed by atoms with Crippen LogP contribution in [0.5, 0.6) is 0 Å². The minimum atomic E-state index is -4.34. The topological polar surface area (TPSA) is 47.7 Å². The molecule has 2 unspecified atom stereocenters. The lowest BCUT2D eigenvalue weighted by Crippen LogP contribution is -2.55.